The maximum atomic E-state index is 12.5. The van der Waals surface area contributed by atoms with E-state index in [1.165, 1.54) is 122 Å². The van der Waals surface area contributed by atoms with Gasteiger partial charge >= 0.3 is 0 Å². The number of aliphatic hydroxyl groups excluding tert-OH is 4. The highest BCUT2D eigenvalue weighted by molar-refractivity contribution is 5.80. The maximum Gasteiger partial charge on any atom is 0.249 e. The molecule has 4 unspecified atom stereocenters. The summed E-state index contributed by atoms with van der Waals surface area (Å²) in [6, 6.07) is -1.01. The highest BCUT2D eigenvalue weighted by Crippen LogP contribution is 2.14. The molecule has 1 amide bonds. The number of aliphatic hydroxyl groups is 4. The van der Waals surface area contributed by atoms with Gasteiger partial charge in [-0.15, -0.1) is 0 Å². The molecule has 53 heavy (non-hydrogen) atoms. The number of carbonyl (C=O) groups excluding carboxylic acids is 1. The van der Waals surface area contributed by atoms with E-state index in [4.69, 9.17) is 0 Å². The number of carbonyl (C=O) groups is 1. The Bertz CT molecular complexity index is 884. The highest BCUT2D eigenvalue weighted by atomic mass is 16.3. The van der Waals surface area contributed by atoms with Gasteiger partial charge in [-0.3, -0.25) is 4.79 Å². The normalized spacial score (nSPS) is 14.6. The van der Waals surface area contributed by atoms with Crippen LogP contribution in [0.15, 0.2) is 48.6 Å². The molecule has 0 saturated carbocycles. The van der Waals surface area contributed by atoms with Gasteiger partial charge in [-0.05, 0) is 83.5 Å². The zero-order valence-electron chi connectivity index (χ0n) is 34.8. The van der Waals surface area contributed by atoms with Crippen LogP contribution in [0.1, 0.15) is 213 Å². The first-order chi connectivity index (χ1) is 26.0. The molecule has 0 aliphatic carbocycles. The number of nitrogens with one attached hydrogen (secondary N) is 1. The number of amides is 1. The second kappa shape index (κ2) is 41.4. The number of allylic oxidation sites excluding steroid dienone is 8. The molecule has 0 bridgehead atoms. The van der Waals surface area contributed by atoms with Crippen LogP contribution in [0.25, 0.3) is 0 Å². The summed E-state index contributed by atoms with van der Waals surface area (Å²) >= 11 is 0. The van der Waals surface area contributed by atoms with E-state index in [-0.39, 0.29) is 0 Å². The lowest BCUT2D eigenvalue weighted by atomic mass is 10.00. The summed E-state index contributed by atoms with van der Waals surface area (Å²) in [6.45, 7) is 4.02. The van der Waals surface area contributed by atoms with E-state index in [1.54, 1.807) is 0 Å². The van der Waals surface area contributed by atoms with Crippen LogP contribution in [-0.2, 0) is 4.79 Å². The van der Waals surface area contributed by atoms with Gasteiger partial charge < -0.3 is 25.7 Å². The fourth-order valence-electron chi connectivity index (χ4n) is 6.63. The molecule has 310 valence electrons. The van der Waals surface area contributed by atoms with E-state index in [2.05, 4.69) is 67.8 Å². The first kappa shape index (κ1) is 51.3. The monoisotopic (exact) mass is 746 g/mol. The fraction of sp³-hybridized carbons (Fsp3) is 0.809. The standard InChI is InChI=1S/C47H87NO5/c1-3-5-7-9-11-13-15-17-19-20-21-22-23-24-25-27-29-31-33-35-37-39-41-45(51)47(53)48-43(42-49)46(52)44(50)40-38-36-34-32-30-28-26-18-16-14-12-10-8-6-4-2/h18,21-22,24-26,32,34,43-46,49-52H,3-17,19-20,23,27-31,33,35-42H2,1-2H3,(H,48,53)/b22-21-,25-24-,26-18+,34-32+. The van der Waals surface area contributed by atoms with Crippen LogP contribution in [0.4, 0.5) is 0 Å². The average molecular weight is 746 g/mol. The Balaban J connectivity index is 3.81. The molecule has 0 aliphatic rings. The van der Waals surface area contributed by atoms with E-state index in [1.807, 2.05) is 0 Å². The largest absolute Gasteiger partial charge is 0.394 e. The Morgan fingerprint density at radius 1 is 0.472 bits per heavy atom. The zero-order chi connectivity index (χ0) is 38.9. The Morgan fingerprint density at radius 3 is 1.30 bits per heavy atom. The third kappa shape index (κ3) is 35.7. The summed E-state index contributed by atoms with van der Waals surface area (Å²) in [5, 5.41) is 43.6. The SMILES string of the molecule is CCCCCCCC/C=C/CC/C=C/CCCC(O)C(O)C(CO)NC(=O)C(O)CCCCCCCC/C=C\C/C=C\CCCCCCCCCCC. The minimum atomic E-state index is -1.29. The minimum Gasteiger partial charge on any atom is -0.394 e. The van der Waals surface area contributed by atoms with Crippen molar-refractivity contribution in [3.05, 3.63) is 48.6 Å². The van der Waals surface area contributed by atoms with Crippen LogP contribution in [0.2, 0.25) is 0 Å². The van der Waals surface area contributed by atoms with Crippen molar-refractivity contribution in [2.24, 2.45) is 0 Å². The van der Waals surface area contributed by atoms with E-state index in [9.17, 15) is 25.2 Å². The van der Waals surface area contributed by atoms with Gasteiger partial charge in [0.2, 0.25) is 5.91 Å². The molecule has 6 nitrogen and oxygen atoms in total. The zero-order valence-corrected chi connectivity index (χ0v) is 34.8. The fourth-order valence-corrected chi connectivity index (χ4v) is 6.63. The molecule has 4 atom stereocenters. The summed E-state index contributed by atoms with van der Waals surface area (Å²) < 4.78 is 0. The smallest absolute Gasteiger partial charge is 0.249 e. The van der Waals surface area contributed by atoms with Gasteiger partial charge in [-0.1, -0.05) is 178 Å². The van der Waals surface area contributed by atoms with Gasteiger partial charge in [-0.2, -0.15) is 0 Å². The van der Waals surface area contributed by atoms with Crippen molar-refractivity contribution in [2.75, 3.05) is 6.61 Å². The summed E-state index contributed by atoms with van der Waals surface area (Å²) in [5.41, 5.74) is 0. The molecule has 0 saturated heterocycles. The molecule has 0 spiro atoms. The predicted octanol–water partition coefficient (Wildman–Crippen LogP) is 11.9. The summed E-state index contributed by atoms with van der Waals surface area (Å²) in [4.78, 5) is 12.5. The van der Waals surface area contributed by atoms with Crippen LogP contribution in [-0.4, -0.2) is 57.3 Å². The lowest BCUT2D eigenvalue weighted by Crippen LogP contribution is -2.53. The molecule has 0 aromatic rings. The Kier molecular flexibility index (Phi) is 40.1. The van der Waals surface area contributed by atoms with Crippen molar-refractivity contribution in [1.29, 1.82) is 0 Å². The molecular formula is C47H87NO5. The number of rotatable bonds is 40. The predicted molar refractivity (Wildman–Crippen MR) is 228 cm³/mol. The van der Waals surface area contributed by atoms with Gasteiger partial charge in [0, 0.05) is 0 Å². The lowest BCUT2D eigenvalue weighted by Gasteiger charge is -2.27. The first-order valence-electron chi connectivity index (χ1n) is 22.5. The van der Waals surface area contributed by atoms with Crippen LogP contribution in [0.3, 0.4) is 0 Å². The molecule has 0 aromatic carbocycles. The van der Waals surface area contributed by atoms with E-state index in [0.29, 0.717) is 19.3 Å². The third-order valence-corrected chi connectivity index (χ3v) is 10.2. The molecule has 0 fully saturated rings. The Morgan fingerprint density at radius 2 is 0.849 bits per heavy atom. The molecular weight excluding hydrogens is 659 g/mol. The van der Waals surface area contributed by atoms with Gasteiger partial charge in [0.15, 0.2) is 0 Å². The number of unbranched alkanes of at least 4 members (excludes halogenated alkanes) is 23. The van der Waals surface area contributed by atoms with Crippen molar-refractivity contribution in [3.63, 3.8) is 0 Å². The van der Waals surface area contributed by atoms with Gasteiger partial charge in [0.25, 0.3) is 0 Å². The van der Waals surface area contributed by atoms with Crippen LogP contribution >= 0.6 is 0 Å². The van der Waals surface area contributed by atoms with Gasteiger partial charge in [0.05, 0.1) is 18.8 Å². The number of hydrogen-bond acceptors (Lipinski definition) is 5. The second-order valence-electron chi connectivity index (χ2n) is 15.4. The Labute approximate surface area is 328 Å². The summed E-state index contributed by atoms with van der Waals surface area (Å²) in [6.07, 6.45) is 50.0. The quantitative estimate of drug-likeness (QED) is 0.0317. The Hall–Kier alpha value is -1.73. The van der Waals surface area contributed by atoms with Crippen molar-refractivity contribution in [2.45, 2.75) is 237 Å². The maximum absolute atomic E-state index is 12.5. The van der Waals surface area contributed by atoms with Crippen molar-refractivity contribution in [3.8, 4) is 0 Å². The van der Waals surface area contributed by atoms with E-state index < -0.39 is 36.9 Å². The van der Waals surface area contributed by atoms with Crippen molar-refractivity contribution in [1.82, 2.24) is 5.32 Å². The van der Waals surface area contributed by atoms with Crippen LogP contribution in [0.5, 0.6) is 0 Å². The first-order valence-corrected chi connectivity index (χ1v) is 22.5. The van der Waals surface area contributed by atoms with Crippen molar-refractivity contribution < 1.29 is 25.2 Å². The molecule has 0 rings (SSSR count). The highest BCUT2D eigenvalue weighted by Gasteiger charge is 2.28. The molecule has 0 heterocycles. The number of hydrogen-bond donors (Lipinski definition) is 5. The van der Waals surface area contributed by atoms with Gasteiger partial charge in [-0.25, -0.2) is 0 Å². The molecule has 6 heteroatoms. The molecule has 5 N–H and O–H groups in total. The summed E-state index contributed by atoms with van der Waals surface area (Å²) in [5.74, 6) is -0.607. The molecule has 0 aliphatic heterocycles. The van der Waals surface area contributed by atoms with Crippen LogP contribution in [0, 0.1) is 0 Å². The van der Waals surface area contributed by atoms with Crippen LogP contribution < -0.4 is 5.32 Å². The molecule has 0 aromatic heterocycles. The third-order valence-electron chi connectivity index (χ3n) is 10.2. The van der Waals surface area contributed by atoms with E-state index in [0.717, 1.165) is 57.8 Å². The topological polar surface area (TPSA) is 110 Å². The lowest BCUT2D eigenvalue weighted by molar-refractivity contribution is -0.132. The van der Waals surface area contributed by atoms with Crippen molar-refractivity contribution >= 4 is 5.91 Å². The van der Waals surface area contributed by atoms with Gasteiger partial charge in [0.1, 0.15) is 12.2 Å². The molecule has 0 radical (unpaired) electrons. The average Bonchev–Trinajstić information content (AvgIpc) is 3.16. The summed E-state index contributed by atoms with van der Waals surface area (Å²) in [7, 11) is 0. The minimum absolute atomic E-state index is 0.346. The second-order valence-corrected chi connectivity index (χ2v) is 15.4. The van der Waals surface area contributed by atoms with E-state index >= 15 is 0 Å².